The molecule has 140 valence electrons. The zero-order valence-electron chi connectivity index (χ0n) is 14.3. The fourth-order valence-electron chi connectivity index (χ4n) is 2.75. The van der Waals surface area contributed by atoms with Gasteiger partial charge in [-0.3, -0.25) is 4.79 Å². The summed E-state index contributed by atoms with van der Waals surface area (Å²) in [5.74, 6) is 0.169. The largest absolute Gasteiger partial charge is 0.496 e. The van der Waals surface area contributed by atoms with Crippen molar-refractivity contribution in [1.82, 2.24) is 0 Å². The second kappa shape index (κ2) is 8.16. The third kappa shape index (κ3) is 3.83. The smallest absolute Gasteiger partial charge is 0.342 e. The Morgan fingerprint density at radius 2 is 1.67 bits per heavy atom. The Labute approximate surface area is 181 Å². The van der Waals surface area contributed by atoms with Crippen LogP contribution in [0, 0.1) is 0 Å². The summed E-state index contributed by atoms with van der Waals surface area (Å²) in [5.41, 5.74) is 1.62. The summed E-state index contributed by atoms with van der Waals surface area (Å²) in [5, 5.41) is 0. The molecule has 0 spiro atoms. The number of esters is 1. The van der Waals surface area contributed by atoms with Gasteiger partial charge in [0, 0.05) is 11.1 Å². The number of halogens is 3. The molecular weight excluding hydrogens is 548 g/mol. The molecule has 0 saturated heterocycles. The summed E-state index contributed by atoms with van der Waals surface area (Å²) >= 11 is 10.2. The van der Waals surface area contributed by atoms with Gasteiger partial charge in [0.05, 0.1) is 27.6 Å². The predicted molar refractivity (Wildman–Crippen MR) is 111 cm³/mol. The Morgan fingerprint density at radius 3 is 2.22 bits per heavy atom. The summed E-state index contributed by atoms with van der Waals surface area (Å²) in [7, 11) is 3.10. The zero-order valence-corrected chi connectivity index (χ0v) is 19.0. The fourth-order valence-corrected chi connectivity index (χ4v) is 4.80. The minimum Gasteiger partial charge on any atom is -0.496 e. The Bertz CT molecular complexity index is 958. The normalized spacial score (nSPS) is 13.6. The molecule has 0 bridgehead atoms. The molecule has 5 nitrogen and oxygen atoms in total. The third-order valence-corrected chi connectivity index (χ3v) is 5.84. The van der Waals surface area contributed by atoms with E-state index in [1.165, 1.54) is 7.11 Å². The highest BCUT2D eigenvalue weighted by molar-refractivity contribution is 9.11. The van der Waals surface area contributed by atoms with Crippen LogP contribution in [0.1, 0.15) is 15.9 Å². The molecule has 27 heavy (non-hydrogen) atoms. The van der Waals surface area contributed by atoms with Crippen LogP contribution >= 0.6 is 47.8 Å². The number of cyclic esters (lactones) is 1. The summed E-state index contributed by atoms with van der Waals surface area (Å²) in [6.07, 6.45) is 0. The molecule has 0 amide bonds. The zero-order chi connectivity index (χ0) is 19.7. The van der Waals surface area contributed by atoms with E-state index in [2.05, 4.69) is 47.8 Å². The van der Waals surface area contributed by atoms with Crippen molar-refractivity contribution in [2.75, 3.05) is 20.8 Å². The molecule has 1 aliphatic rings. The molecule has 0 unspecified atom stereocenters. The number of rotatable bonds is 5. The lowest BCUT2D eigenvalue weighted by atomic mass is 9.95. The molecular formula is C19H13Br3O5. The first kappa shape index (κ1) is 20.1. The quantitative estimate of drug-likeness (QED) is 0.286. The van der Waals surface area contributed by atoms with Gasteiger partial charge < -0.3 is 14.2 Å². The number of hydrogen-bond acceptors (Lipinski definition) is 5. The highest BCUT2D eigenvalue weighted by Crippen LogP contribution is 2.37. The molecule has 0 saturated carbocycles. The van der Waals surface area contributed by atoms with Gasteiger partial charge in [0.2, 0.25) is 5.78 Å². The van der Waals surface area contributed by atoms with E-state index in [4.69, 9.17) is 14.2 Å². The van der Waals surface area contributed by atoms with Gasteiger partial charge in [-0.15, -0.1) is 0 Å². The average Bonchev–Trinajstić information content (AvgIpc) is 3.02. The molecule has 2 aromatic rings. The van der Waals surface area contributed by atoms with E-state index >= 15 is 0 Å². The van der Waals surface area contributed by atoms with E-state index in [0.29, 0.717) is 37.1 Å². The van der Waals surface area contributed by atoms with Crippen LogP contribution in [0.25, 0.3) is 5.57 Å². The molecule has 0 fully saturated rings. The highest BCUT2D eigenvalue weighted by Gasteiger charge is 2.33. The van der Waals surface area contributed by atoms with Crippen molar-refractivity contribution < 1.29 is 23.8 Å². The van der Waals surface area contributed by atoms with E-state index in [-0.39, 0.29) is 12.2 Å². The number of ketones is 1. The van der Waals surface area contributed by atoms with Gasteiger partial charge in [-0.2, -0.15) is 0 Å². The molecule has 1 heterocycles. The van der Waals surface area contributed by atoms with Gasteiger partial charge in [0.1, 0.15) is 23.7 Å². The van der Waals surface area contributed by atoms with E-state index in [1.807, 2.05) is 0 Å². The minimum absolute atomic E-state index is 0.0241. The molecule has 0 aromatic heterocycles. The lowest BCUT2D eigenvalue weighted by Crippen LogP contribution is -2.11. The first-order chi connectivity index (χ1) is 12.9. The number of methoxy groups -OCH3 is 2. The standard InChI is InChI=1S/C19H13Br3O5/c1-25-15-4-3-9(5-12(15)20)11-8-27-19(24)16(11)17(23)10-6-13(21)18(26-2)14(22)7-10/h3-7H,8H2,1-2H3. The van der Waals surface area contributed by atoms with Crippen LogP contribution in [0.4, 0.5) is 0 Å². The van der Waals surface area contributed by atoms with Gasteiger partial charge in [0.25, 0.3) is 0 Å². The maximum Gasteiger partial charge on any atom is 0.342 e. The average molecular weight is 561 g/mol. The van der Waals surface area contributed by atoms with E-state index in [0.717, 1.165) is 4.47 Å². The van der Waals surface area contributed by atoms with E-state index in [9.17, 15) is 9.59 Å². The molecule has 0 radical (unpaired) electrons. The van der Waals surface area contributed by atoms with Crippen molar-refractivity contribution >= 4 is 65.1 Å². The lowest BCUT2D eigenvalue weighted by Gasteiger charge is -2.10. The van der Waals surface area contributed by atoms with Crippen LogP contribution in [-0.2, 0) is 9.53 Å². The third-order valence-electron chi connectivity index (χ3n) is 4.05. The molecule has 2 aromatic carbocycles. The van der Waals surface area contributed by atoms with Gasteiger partial charge in [-0.1, -0.05) is 6.07 Å². The van der Waals surface area contributed by atoms with Crippen LogP contribution in [0.3, 0.4) is 0 Å². The molecule has 0 aliphatic carbocycles. The number of ether oxygens (including phenoxy) is 3. The molecule has 0 N–H and O–H groups in total. The summed E-state index contributed by atoms with van der Waals surface area (Å²) in [4.78, 5) is 25.4. The topological polar surface area (TPSA) is 61.8 Å². The van der Waals surface area contributed by atoms with Crippen LogP contribution < -0.4 is 9.47 Å². The first-order valence-corrected chi connectivity index (χ1v) is 10.1. The lowest BCUT2D eigenvalue weighted by molar-refractivity contribution is -0.135. The number of carbonyl (C=O) groups excluding carboxylic acids is 2. The van der Waals surface area contributed by atoms with E-state index in [1.54, 1.807) is 37.4 Å². The molecule has 3 rings (SSSR count). The second-order valence-corrected chi connectivity index (χ2v) is 8.14. The van der Waals surface area contributed by atoms with Crippen LogP contribution in [0.5, 0.6) is 11.5 Å². The van der Waals surface area contributed by atoms with Crippen LogP contribution in [0.2, 0.25) is 0 Å². The first-order valence-electron chi connectivity index (χ1n) is 7.69. The molecule has 0 atom stereocenters. The van der Waals surface area contributed by atoms with Crippen molar-refractivity contribution in [2.24, 2.45) is 0 Å². The Kier molecular flexibility index (Phi) is 6.08. The highest BCUT2D eigenvalue weighted by atomic mass is 79.9. The van der Waals surface area contributed by atoms with Gasteiger partial charge >= 0.3 is 5.97 Å². The molecule has 1 aliphatic heterocycles. The summed E-state index contributed by atoms with van der Waals surface area (Å²) in [6.45, 7) is 0.0389. The van der Waals surface area contributed by atoms with Gasteiger partial charge in [-0.05, 0) is 77.6 Å². The predicted octanol–water partition coefficient (Wildman–Crippen LogP) is 5.18. The van der Waals surface area contributed by atoms with Gasteiger partial charge in [0.15, 0.2) is 0 Å². The number of carbonyl (C=O) groups is 2. The van der Waals surface area contributed by atoms with Crippen LogP contribution in [0.15, 0.2) is 49.3 Å². The van der Waals surface area contributed by atoms with Crippen molar-refractivity contribution in [3.63, 3.8) is 0 Å². The maximum absolute atomic E-state index is 13.1. The fraction of sp³-hybridized carbons (Fsp3) is 0.158. The summed E-state index contributed by atoms with van der Waals surface area (Å²) < 4.78 is 17.5. The monoisotopic (exact) mass is 558 g/mol. The van der Waals surface area contributed by atoms with Crippen molar-refractivity contribution in [3.05, 3.63) is 60.5 Å². The van der Waals surface area contributed by atoms with E-state index < -0.39 is 11.8 Å². The minimum atomic E-state index is -0.634. The van der Waals surface area contributed by atoms with Crippen molar-refractivity contribution in [1.29, 1.82) is 0 Å². The van der Waals surface area contributed by atoms with Gasteiger partial charge in [-0.25, -0.2) is 4.79 Å². The second-order valence-electron chi connectivity index (χ2n) is 5.58. The SMILES string of the molecule is COc1ccc(C2=C(C(=O)c3cc(Br)c(OC)c(Br)c3)C(=O)OC2)cc1Br. The Morgan fingerprint density at radius 1 is 1.00 bits per heavy atom. The molecule has 8 heteroatoms. The summed E-state index contributed by atoms with van der Waals surface area (Å²) in [6, 6.07) is 8.58. The van der Waals surface area contributed by atoms with Crippen molar-refractivity contribution in [3.8, 4) is 11.5 Å². The number of hydrogen-bond donors (Lipinski definition) is 0. The Hall–Kier alpha value is -1.64. The number of Topliss-reactive ketones (excluding diaryl/α,β-unsaturated/α-hetero) is 1. The Balaban J connectivity index is 2.09. The van der Waals surface area contributed by atoms with Crippen LogP contribution in [-0.4, -0.2) is 32.6 Å². The maximum atomic E-state index is 13.1. The number of benzene rings is 2. The van der Waals surface area contributed by atoms with Crippen molar-refractivity contribution in [2.45, 2.75) is 0 Å².